The van der Waals surface area contributed by atoms with Gasteiger partial charge in [-0.25, -0.2) is 4.57 Å². The van der Waals surface area contributed by atoms with Crippen LogP contribution >= 0.6 is 7.82 Å². The fourth-order valence-corrected chi connectivity index (χ4v) is 6.20. The first-order valence-corrected chi connectivity index (χ1v) is 20.5. The van der Waals surface area contributed by atoms with Crippen LogP contribution in [0.5, 0.6) is 0 Å². The van der Waals surface area contributed by atoms with Gasteiger partial charge >= 0.3 is 19.8 Å². The van der Waals surface area contributed by atoms with Gasteiger partial charge in [0.05, 0.1) is 13.2 Å². The topological polar surface area (TPSA) is 134 Å². The first kappa shape index (κ1) is 45.0. The van der Waals surface area contributed by atoms with Crippen molar-refractivity contribution in [3.63, 3.8) is 0 Å². The van der Waals surface area contributed by atoms with Crippen molar-refractivity contribution in [1.82, 2.24) is 0 Å². The molecule has 0 radical (unpaired) electrons. The van der Waals surface area contributed by atoms with E-state index < -0.39 is 26.5 Å². The fraction of sp³-hybridized carbons (Fsp3) is 0.944. The zero-order chi connectivity index (χ0) is 34.0. The lowest BCUT2D eigenvalue weighted by Gasteiger charge is -2.19. The summed E-state index contributed by atoms with van der Waals surface area (Å²) in [6, 6.07) is 0. The van der Waals surface area contributed by atoms with Crippen LogP contribution in [0.1, 0.15) is 187 Å². The molecule has 0 aromatic heterocycles. The van der Waals surface area contributed by atoms with E-state index in [4.69, 9.17) is 19.7 Å². The van der Waals surface area contributed by atoms with Gasteiger partial charge in [0.2, 0.25) is 0 Å². The van der Waals surface area contributed by atoms with Crippen LogP contribution in [0.4, 0.5) is 0 Å². The number of carbonyl (C=O) groups is 2. The van der Waals surface area contributed by atoms with Gasteiger partial charge in [0.1, 0.15) is 6.61 Å². The molecule has 0 saturated carbocycles. The van der Waals surface area contributed by atoms with Gasteiger partial charge in [0, 0.05) is 19.4 Å². The molecule has 0 amide bonds. The van der Waals surface area contributed by atoms with Crippen molar-refractivity contribution in [3.05, 3.63) is 0 Å². The quantitative estimate of drug-likeness (QED) is 0.0377. The van der Waals surface area contributed by atoms with Crippen molar-refractivity contribution in [3.8, 4) is 0 Å². The molecule has 0 aromatic rings. The summed E-state index contributed by atoms with van der Waals surface area (Å²) >= 11 is 0. The molecule has 0 aromatic carbocycles. The zero-order valence-electron chi connectivity index (χ0n) is 29.8. The van der Waals surface area contributed by atoms with E-state index in [-0.39, 0.29) is 38.6 Å². The van der Waals surface area contributed by atoms with Crippen LogP contribution in [0, 0.1) is 0 Å². The summed E-state index contributed by atoms with van der Waals surface area (Å²) in [4.78, 5) is 33.7. The maximum atomic E-state index is 12.2. The van der Waals surface area contributed by atoms with Crippen LogP contribution in [0.15, 0.2) is 0 Å². The molecule has 3 N–H and O–H groups in total. The number of hydrogen-bond acceptors (Lipinski definition) is 8. The summed E-state index contributed by atoms with van der Waals surface area (Å²) < 4.78 is 31.9. The van der Waals surface area contributed by atoms with E-state index in [2.05, 4.69) is 11.4 Å². The highest BCUT2D eigenvalue weighted by Gasteiger charge is 2.25. The highest BCUT2D eigenvalue weighted by molar-refractivity contribution is 7.47. The number of carbonyl (C=O) groups excluding carboxylic acids is 2. The Bertz CT molecular complexity index is 739. The summed E-state index contributed by atoms with van der Waals surface area (Å²) in [5.74, 6) is -0.880. The van der Waals surface area contributed by atoms with Crippen molar-refractivity contribution in [2.24, 2.45) is 5.73 Å². The maximum Gasteiger partial charge on any atom is 0.472 e. The minimum absolute atomic E-state index is 0.0556. The fourth-order valence-electron chi connectivity index (χ4n) is 5.44. The van der Waals surface area contributed by atoms with E-state index in [9.17, 15) is 19.0 Å². The normalized spacial score (nSPS) is 13.4. The molecule has 0 heterocycles. The number of phosphoric ester groups is 1. The number of ether oxygens (including phenoxy) is 2. The monoisotopic (exact) mass is 677 g/mol. The number of unbranched alkanes of at least 4 members (excludes halogenated alkanes) is 23. The molecule has 9 nitrogen and oxygen atoms in total. The van der Waals surface area contributed by atoms with E-state index in [0.29, 0.717) is 6.42 Å². The van der Waals surface area contributed by atoms with Gasteiger partial charge in [0.25, 0.3) is 0 Å². The number of phosphoric acid groups is 1. The Morgan fingerprint density at radius 1 is 0.565 bits per heavy atom. The molecule has 0 bridgehead atoms. The zero-order valence-corrected chi connectivity index (χ0v) is 30.7. The lowest BCUT2D eigenvalue weighted by molar-refractivity contribution is -0.161. The molecular formula is C36H72NO8P. The van der Waals surface area contributed by atoms with E-state index in [1.807, 2.05) is 6.92 Å². The number of hydrogen-bond donors (Lipinski definition) is 2. The Morgan fingerprint density at radius 3 is 1.37 bits per heavy atom. The van der Waals surface area contributed by atoms with Gasteiger partial charge in [-0.2, -0.15) is 0 Å². The van der Waals surface area contributed by atoms with Crippen molar-refractivity contribution in [2.75, 3.05) is 26.4 Å². The van der Waals surface area contributed by atoms with Gasteiger partial charge in [-0.1, -0.05) is 162 Å². The Hall–Kier alpha value is -0.990. The second-order valence-corrected chi connectivity index (χ2v) is 14.3. The van der Waals surface area contributed by atoms with Gasteiger partial charge in [-0.05, 0) is 12.8 Å². The molecule has 10 heteroatoms. The van der Waals surface area contributed by atoms with E-state index >= 15 is 0 Å². The lowest BCUT2D eigenvalue weighted by atomic mass is 10.0. The number of nitrogens with two attached hydrogens (primary N) is 1. The molecule has 1 unspecified atom stereocenters. The van der Waals surface area contributed by atoms with Crippen LogP contribution < -0.4 is 5.73 Å². The first-order chi connectivity index (χ1) is 22.3. The number of esters is 2. The lowest BCUT2D eigenvalue weighted by Crippen LogP contribution is -2.29. The van der Waals surface area contributed by atoms with Crippen LogP contribution in [0.3, 0.4) is 0 Å². The molecule has 0 aliphatic carbocycles. The molecule has 0 rings (SSSR count). The highest BCUT2D eigenvalue weighted by Crippen LogP contribution is 2.43. The maximum absolute atomic E-state index is 12.2. The van der Waals surface area contributed by atoms with Crippen LogP contribution in [0.25, 0.3) is 0 Å². The molecule has 46 heavy (non-hydrogen) atoms. The summed E-state index contributed by atoms with van der Waals surface area (Å²) in [6.45, 7) is 3.34. The minimum Gasteiger partial charge on any atom is -0.462 e. The summed E-state index contributed by atoms with van der Waals surface area (Å²) in [7, 11) is -4.33. The Labute approximate surface area is 282 Å². The average molecular weight is 678 g/mol. The summed E-state index contributed by atoms with van der Waals surface area (Å²) in [5, 5.41) is 0. The summed E-state index contributed by atoms with van der Waals surface area (Å²) in [5.41, 5.74) is 5.27. The third kappa shape index (κ3) is 32.9. The first-order valence-electron chi connectivity index (χ1n) is 19.0. The molecule has 2 atom stereocenters. The standard InChI is InChI=1S/C36H72NO8P/c1-3-5-6-7-8-9-10-11-12-13-14-15-16-17-18-19-20-21-22-23-24-25-26-27-29-35(38)42-32-34(45-36(39)28-4-2)33-44-46(40,41)43-31-30-37/h34H,3-33,37H2,1-2H3,(H,40,41)/t34-/m1/s1. The van der Waals surface area contributed by atoms with Gasteiger partial charge in [-0.3, -0.25) is 18.6 Å². The smallest absolute Gasteiger partial charge is 0.462 e. The minimum atomic E-state index is -4.33. The van der Waals surface area contributed by atoms with Crippen LogP contribution in [-0.4, -0.2) is 49.3 Å². The molecule has 0 spiro atoms. The SMILES string of the molecule is CCCCCCCCCCCCCCCCCCCCCCCCCCC(=O)OC[C@H](COP(=O)(O)OCCN)OC(=O)CCC. The largest absolute Gasteiger partial charge is 0.472 e. The predicted molar refractivity (Wildman–Crippen MR) is 188 cm³/mol. The average Bonchev–Trinajstić information content (AvgIpc) is 3.03. The Balaban J connectivity index is 3.63. The van der Waals surface area contributed by atoms with Crippen LogP contribution in [-0.2, 0) is 32.7 Å². The Kier molecular flexibility index (Phi) is 33.2. The van der Waals surface area contributed by atoms with Crippen molar-refractivity contribution >= 4 is 19.8 Å². The third-order valence-corrected chi connectivity index (χ3v) is 9.20. The van der Waals surface area contributed by atoms with Gasteiger partial charge in [-0.15, -0.1) is 0 Å². The molecule has 0 saturated heterocycles. The Morgan fingerprint density at radius 2 is 0.978 bits per heavy atom. The van der Waals surface area contributed by atoms with Gasteiger partial charge in [0.15, 0.2) is 6.10 Å². The van der Waals surface area contributed by atoms with E-state index in [0.717, 1.165) is 19.3 Å². The molecule has 0 aliphatic heterocycles. The molecule has 0 aliphatic rings. The molecular weight excluding hydrogens is 605 g/mol. The summed E-state index contributed by atoms with van der Waals surface area (Å²) in [6.07, 6.45) is 31.9. The van der Waals surface area contributed by atoms with E-state index in [1.165, 1.54) is 135 Å². The van der Waals surface area contributed by atoms with Crippen molar-refractivity contribution in [2.45, 2.75) is 193 Å². The van der Waals surface area contributed by atoms with Crippen molar-refractivity contribution in [1.29, 1.82) is 0 Å². The molecule has 274 valence electrons. The number of rotatable bonds is 36. The third-order valence-electron chi connectivity index (χ3n) is 8.21. The second kappa shape index (κ2) is 33.9. The van der Waals surface area contributed by atoms with Crippen LogP contribution in [0.2, 0.25) is 0 Å². The highest BCUT2D eigenvalue weighted by atomic mass is 31.2. The van der Waals surface area contributed by atoms with Crippen molar-refractivity contribution < 1.29 is 37.6 Å². The second-order valence-electron chi connectivity index (χ2n) is 12.8. The van der Waals surface area contributed by atoms with E-state index in [1.54, 1.807) is 0 Å². The molecule has 0 fully saturated rings. The predicted octanol–water partition coefficient (Wildman–Crippen LogP) is 10.1. The van der Waals surface area contributed by atoms with Gasteiger partial charge < -0.3 is 20.1 Å².